The zero-order valence-electron chi connectivity index (χ0n) is 14.1. The molecule has 132 valence electrons. The third-order valence-corrected chi connectivity index (χ3v) is 6.01. The van der Waals surface area contributed by atoms with Crippen molar-refractivity contribution in [2.75, 3.05) is 12.3 Å². The lowest BCUT2D eigenvalue weighted by molar-refractivity contribution is -0.127. The van der Waals surface area contributed by atoms with E-state index in [0.717, 1.165) is 17.7 Å². The normalized spacial score (nSPS) is 14.0. The lowest BCUT2D eigenvalue weighted by Crippen LogP contribution is -2.26. The van der Waals surface area contributed by atoms with Crippen LogP contribution in [0, 0.1) is 0 Å². The van der Waals surface area contributed by atoms with E-state index in [1.807, 2.05) is 35.7 Å². The highest BCUT2D eigenvalue weighted by Gasteiger charge is 2.22. The van der Waals surface area contributed by atoms with Gasteiger partial charge < -0.3 is 0 Å². The molecule has 0 fully saturated rings. The number of benzene rings is 1. The molecule has 1 amide bonds. The third kappa shape index (κ3) is 3.17. The number of fused-ring (bicyclic) bond motifs is 1. The Morgan fingerprint density at radius 2 is 2.08 bits per heavy atom. The van der Waals surface area contributed by atoms with E-state index in [4.69, 9.17) is 0 Å². The number of nitrogens with zero attached hydrogens (tertiary/aromatic N) is 4. The second kappa shape index (κ2) is 7.05. The monoisotopic (exact) mass is 384 g/mol. The molecule has 1 aliphatic rings. The molecule has 2 aromatic heterocycles. The van der Waals surface area contributed by atoms with Crippen LogP contribution >= 0.6 is 23.1 Å². The molecular formula is C18H16N4O2S2. The average Bonchev–Trinajstić information content (AvgIpc) is 3.33. The van der Waals surface area contributed by atoms with Gasteiger partial charge in [0, 0.05) is 13.5 Å². The zero-order chi connectivity index (χ0) is 18.1. The van der Waals surface area contributed by atoms with Gasteiger partial charge in [0.2, 0.25) is 0 Å². The van der Waals surface area contributed by atoms with E-state index in [-0.39, 0.29) is 17.2 Å². The molecule has 6 nitrogen and oxygen atoms in total. The number of thioether (sulfide) groups is 1. The highest BCUT2D eigenvalue weighted by atomic mass is 32.2. The molecule has 0 saturated heterocycles. The van der Waals surface area contributed by atoms with E-state index >= 15 is 0 Å². The van der Waals surface area contributed by atoms with E-state index < -0.39 is 0 Å². The number of rotatable bonds is 4. The summed E-state index contributed by atoms with van der Waals surface area (Å²) < 4.78 is 1.50. The molecule has 0 spiro atoms. The predicted octanol–water partition coefficient (Wildman–Crippen LogP) is 2.72. The van der Waals surface area contributed by atoms with Gasteiger partial charge in [-0.25, -0.2) is 9.99 Å². The summed E-state index contributed by atoms with van der Waals surface area (Å²) in [4.78, 5) is 30.0. The number of carbonyl (C=O) groups excluding carboxylic acids is 1. The van der Waals surface area contributed by atoms with E-state index in [9.17, 15) is 9.59 Å². The first-order valence-corrected chi connectivity index (χ1v) is 10.0. The van der Waals surface area contributed by atoms with Gasteiger partial charge in [-0.2, -0.15) is 5.10 Å². The summed E-state index contributed by atoms with van der Waals surface area (Å²) in [6.07, 6.45) is 0.748. The standard InChI is InChI=1S/C18H16N4O2S2/c1-21-17(24)13-8-10-25-16(13)19-18(21)26-11-15(23)22-9-7-14(20-22)12-5-3-2-4-6-12/h2-6,8,10H,7,9,11H2,1H3. The van der Waals surface area contributed by atoms with Gasteiger partial charge in [0.15, 0.2) is 5.16 Å². The Bertz CT molecular complexity index is 1060. The average molecular weight is 384 g/mol. The molecule has 0 bridgehead atoms. The van der Waals surface area contributed by atoms with E-state index in [2.05, 4.69) is 10.1 Å². The van der Waals surface area contributed by atoms with Crippen molar-refractivity contribution in [1.82, 2.24) is 14.6 Å². The van der Waals surface area contributed by atoms with Crippen LogP contribution < -0.4 is 5.56 Å². The molecule has 26 heavy (non-hydrogen) atoms. The number of carbonyl (C=O) groups is 1. The molecule has 0 aliphatic carbocycles. The van der Waals surface area contributed by atoms with Gasteiger partial charge >= 0.3 is 0 Å². The van der Waals surface area contributed by atoms with Gasteiger partial charge in [0.25, 0.3) is 11.5 Å². The highest BCUT2D eigenvalue weighted by molar-refractivity contribution is 7.99. The van der Waals surface area contributed by atoms with Crippen molar-refractivity contribution in [3.63, 3.8) is 0 Å². The number of thiophene rings is 1. The third-order valence-electron chi connectivity index (χ3n) is 4.19. The summed E-state index contributed by atoms with van der Waals surface area (Å²) >= 11 is 2.70. The van der Waals surface area contributed by atoms with Gasteiger partial charge in [-0.15, -0.1) is 11.3 Å². The summed E-state index contributed by atoms with van der Waals surface area (Å²) in [5, 5.41) is 8.97. The smallest absolute Gasteiger partial charge is 0.262 e. The van der Waals surface area contributed by atoms with Crippen molar-refractivity contribution < 1.29 is 4.79 Å². The van der Waals surface area contributed by atoms with Crippen LogP contribution in [0.2, 0.25) is 0 Å². The Morgan fingerprint density at radius 3 is 2.88 bits per heavy atom. The van der Waals surface area contributed by atoms with Crippen molar-refractivity contribution in [3.05, 3.63) is 57.7 Å². The number of amides is 1. The van der Waals surface area contributed by atoms with Gasteiger partial charge in [-0.1, -0.05) is 42.1 Å². The molecule has 8 heteroatoms. The number of hydrogen-bond donors (Lipinski definition) is 0. The van der Waals surface area contributed by atoms with E-state index in [0.29, 0.717) is 21.9 Å². The molecule has 3 heterocycles. The predicted molar refractivity (Wildman–Crippen MR) is 105 cm³/mol. The van der Waals surface area contributed by atoms with Crippen LogP contribution in [0.4, 0.5) is 0 Å². The number of aromatic nitrogens is 2. The molecule has 1 aliphatic heterocycles. The molecule has 1 aromatic carbocycles. The lowest BCUT2D eigenvalue weighted by atomic mass is 10.1. The van der Waals surface area contributed by atoms with E-state index in [1.54, 1.807) is 13.1 Å². The minimum atomic E-state index is -0.0863. The largest absolute Gasteiger partial charge is 0.290 e. The Kier molecular flexibility index (Phi) is 4.60. The molecule has 4 rings (SSSR count). The summed E-state index contributed by atoms with van der Waals surface area (Å²) in [5.74, 6) is 0.115. The van der Waals surface area contributed by atoms with Gasteiger partial charge in [-0.05, 0) is 17.0 Å². The van der Waals surface area contributed by atoms with Gasteiger partial charge in [-0.3, -0.25) is 14.2 Å². The SMILES string of the molecule is Cn1c(SCC(=O)N2CCC(c3ccccc3)=N2)nc2sccc2c1=O. The van der Waals surface area contributed by atoms with Crippen LogP contribution in [-0.4, -0.2) is 38.5 Å². The molecule has 3 aromatic rings. The maximum atomic E-state index is 12.5. The van der Waals surface area contributed by atoms with Crippen molar-refractivity contribution in [1.29, 1.82) is 0 Å². The summed E-state index contributed by atoms with van der Waals surface area (Å²) in [6.45, 7) is 0.583. The van der Waals surface area contributed by atoms with Gasteiger partial charge in [0.1, 0.15) is 4.83 Å². The summed E-state index contributed by atoms with van der Waals surface area (Å²) in [5.41, 5.74) is 1.88. The second-order valence-electron chi connectivity index (χ2n) is 5.87. The zero-order valence-corrected chi connectivity index (χ0v) is 15.7. The summed E-state index contributed by atoms with van der Waals surface area (Å²) in [7, 11) is 1.68. The van der Waals surface area contributed by atoms with Crippen molar-refractivity contribution >= 4 is 44.9 Å². The van der Waals surface area contributed by atoms with Crippen molar-refractivity contribution in [3.8, 4) is 0 Å². The van der Waals surface area contributed by atoms with Crippen molar-refractivity contribution in [2.24, 2.45) is 12.1 Å². The van der Waals surface area contributed by atoms with Crippen LogP contribution in [0.3, 0.4) is 0 Å². The number of hydrogen-bond acceptors (Lipinski definition) is 6. The van der Waals surface area contributed by atoms with Gasteiger partial charge in [0.05, 0.1) is 23.4 Å². The summed E-state index contributed by atoms with van der Waals surface area (Å²) in [6, 6.07) is 11.7. The van der Waals surface area contributed by atoms with Crippen LogP contribution in [0.1, 0.15) is 12.0 Å². The minimum absolute atomic E-state index is 0.0820. The quantitative estimate of drug-likeness (QED) is 0.512. The first-order valence-electron chi connectivity index (χ1n) is 8.14. The molecule has 0 N–H and O–H groups in total. The molecular weight excluding hydrogens is 368 g/mol. The topological polar surface area (TPSA) is 67.6 Å². The van der Waals surface area contributed by atoms with Crippen LogP contribution in [0.5, 0.6) is 0 Å². The Hall–Kier alpha value is -2.45. The first kappa shape index (κ1) is 17.0. The fraction of sp³-hybridized carbons (Fsp3) is 0.222. The maximum absolute atomic E-state index is 12.5. The fourth-order valence-corrected chi connectivity index (χ4v) is 4.43. The van der Waals surface area contributed by atoms with Crippen LogP contribution in [0.15, 0.2) is 56.8 Å². The first-order chi connectivity index (χ1) is 12.6. The molecule has 0 unspecified atom stereocenters. The Labute approximate surface area is 158 Å². The maximum Gasteiger partial charge on any atom is 0.262 e. The molecule has 0 atom stereocenters. The molecule has 0 radical (unpaired) electrons. The van der Waals surface area contributed by atoms with Crippen LogP contribution in [-0.2, 0) is 11.8 Å². The van der Waals surface area contributed by atoms with Crippen LogP contribution in [0.25, 0.3) is 10.2 Å². The lowest BCUT2D eigenvalue weighted by Gasteiger charge is -2.11. The second-order valence-corrected chi connectivity index (χ2v) is 7.70. The fourth-order valence-electron chi connectivity index (χ4n) is 2.78. The van der Waals surface area contributed by atoms with E-state index in [1.165, 1.54) is 32.7 Å². The Morgan fingerprint density at radius 1 is 1.27 bits per heavy atom. The Balaban J connectivity index is 1.47. The molecule has 0 saturated carbocycles. The minimum Gasteiger partial charge on any atom is -0.290 e. The number of hydrazone groups is 1. The highest BCUT2D eigenvalue weighted by Crippen LogP contribution is 2.22. The van der Waals surface area contributed by atoms with Crippen molar-refractivity contribution in [2.45, 2.75) is 11.6 Å².